The van der Waals surface area contributed by atoms with Crippen LogP contribution in [-0.2, 0) is 11.2 Å². The van der Waals surface area contributed by atoms with Crippen LogP contribution in [0, 0.1) is 0 Å². The van der Waals surface area contributed by atoms with E-state index in [1.54, 1.807) is 17.2 Å². The molecule has 0 bridgehead atoms. The number of aliphatic hydroxyl groups is 1. The molecule has 2 N–H and O–H groups in total. The van der Waals surface area contributed by atoms with Gasteiger partial charge in [0.15, 0.2) is 0 Å². The number of rotatable bonds is 4. The Labute approximate surface area is 118 Å². The highest BCUT2D eigenvalue weighted by Gasteiger charge is 2.34. The predicted molar refractivity (Wildman–Crippen MR) is 75.4 cm³/mol. The molecule has 1 fully saturated rings. The second-order valence-electron chi connectivity index (χ2n) is 5.46. The minimum Gasteiger partial charge on any atom is -0.390 e. The minimum absolute atomic E-state index is 0.00651. The summed E-state index contributed by atoms with van der Waals surface area (Å²) in [5.74, 6) is 0.0413. The maximum Gasteiger partial charge on any atom is 0.247 e. The Morgan fingerprint density at radius 2 is 2.20 bits per heavy atom. The van der Waals surface area contributed by atoms with E-state index in [-0.39, 0.29) is 17.5 Å². The van der Waals surface area contributed by atoms with E-state index < -0.39 is 6.10 Å². The molecule has 20 heavy (non-hydrogen) atoms. The lowest BCUT2D eigenvalue weighted by Gasteiger charge is -2.21. The average molecular weight is 279 g/mol. The number of carbonyl (C=O) groups excluding carboxylic acids is 1. The van der Waals surface area contributed by atoms with Gasteiger partial charge in [0.25, 0.3) is 0 Å². The number of aryl methyl sites for hydroxylation is 1. The second kappa shape index (κ2) is 6.19. The third-order valence-electron chi connectivity index (χ3n) is 3.75. The molecule has 6 nitrogen and oxygen atoms in total. The number of β-amino-alcohol motifs (C(OH)–C–C–N with tert-alkyl or cyclic N) is 1. The number of likely N-dealkylation sites (N-methyl/N-ethyl adjacent to an activating group) is 1. The van der Waals surface area contributed by atoms with Crippen molar-refractivity contribution in [2.75, 3.05) is 27.2 Å². The lowest BCUT2D eigenvalue weighted by atomic mass is 10.1. The Balaban J connectivity index is 1.87. The molecule has 6 heteroatoms. The molecule has 2 heterocycles. The van der Waals surface area contributed by atoms with Crippen molar-refractivity contribution in [3.63, 3.8) is 0 Å². The number of H-pyrrole nitrogens is 1. The Bertz CT molecular complexity index is 506. The van der Waals surface area contributed by atoms with E-state index in [2.05, 4.69) is 4.98 Å². The number of nitrogens with one attached hydrogen (secondary N) is 1. The van der Waals surface area contributed by atoms with Crippen molar-refractivity contribution in [3.8, 4) is 0 Å². The van der Waals surface area contributed by atoms with Gasteiger partial charge in [-0.25, -0.2) is 0 Å². The first-order chi connectivity index (χ1) is 9.47. The van der Waals surface area contributed by atoms with Crippen LogP contribution in [0.5, 0.6) is 0 Å². The molecule has 110 valence electrons. The molecule has 2 rings (SSSR count). The van der Waals surface area contributed by atoms with Gasteiger partial charge in [0.05, 0.1) is 12.1 Å². The smallest absolute Gasteiger partial charge is 0.247 e. The van der Waals surface area contributed by atoms with Gasteiger partial charge in [-0.2, -0.15) is 0 Å². The van der Waals surface area contributed by atoms with E-state index in [1.807, 2.05) is 19.0 Å². The van der Waals surface area contributed by atoms with Gasteiger partial charge in [-0.3, -0.25) is 9.59 Å². The molecule has 1 aliphatic heterocycles. The number of aliphatic hydroxyl groups excluding tert-OH is 1. The normalized spacial score (nSPS) is 22.5. The topological polar surface area (TPSA) is 76.6 Å². The van der Waals surface area contributed by atoms with Crippen molar-refractivity contribution >= 4 is 5.91 Å². The van der Waals surface area contributed by atoms with E-state index in [0.29, 0.717) is 25.9 Å². The highest BCUT2D eigenvalue weighted by molar-refractivity contribution is 5.77. The Kier molecular flexibility index (Phi) is 4.57. The number of pyridine rings is 1. The van der Waals surface area contributed by atoms with Crippen LogP contribution in [-0.4, -0.2) is 65.1 Å². The van der Waals surface area contributed by atoms with Crippen molar-refractivity contribution in [1.82, 2.24) is 14.8 Å². The zero-order chi connectivity index (χ0) is 14.7. The SMILES string of the molecule is CN(C)[C@H]1CN(C(=O)CCc2ccc(=O)[nH]c2)C[C@@H]1O. The van der Waals surface area contributed by atoms with E-state index >= 15 is 0 Å². The molecular formula is C14H21N3O3. The molecule has 0 saturated carbocycles. The lowest BCUT2D eigenvalue weighted by molar-refractivity contribution is -0.130. The zero-order valence-electron chi connectivity index (χ0n) is 11.9. The Morgan fingerprint density at radius 3 is 2.75 bits per heavy atom. The van der Waals surface area contributed by atoms with Crippen LogP contribution in [0.25, 0.3) is 0 Å². The molecule has 1 aromatic rings. The molecule has 1 aliphatic rings. The number of hydrogen-bond acceptors (Lipinski definition) is 4. The van der Waals surface area contributed by atoms with Crippen LogP contribution < -0.4 is 5.56 Å². The van der Waals surface area contributed by atoms with Gasteiger partial charge >= 0.3 is 0 Å². The zero-order valence-corrected chi connectivity index (χ0v) is 11.9. The molecule has 2 atom stereocenters. The molecule has 0 spiro atoms. The first-order valence-corrected chi connectivity index (χ1v) is 6.77. The number of likely N-dealkylation sites (tertiary alicyclic amines) is 1. The van der Waals surface area contributed by atoms with Crippen LogP contribution in [0.1, 0.15) is 12.0 Å². The monoisotopic (exact) mass is 279 g/mol. The summed E-state index contributed by atoms with van der Waals surface area (Å²) in [6.07, 6.45) is 2.13. The summed E-state index contributed by atoms with van der Waals surface area (Å²) in [7, 11) is 3.81. The van der Waals surface area contributed by atoms with E-state index in [9.17, 15) is 14.7 Å². The van der Waals surface area contributed by atoms with Crippen molar-refractivity contribution in [2.45, 2.75) is 25.0 Å². The fourth-order valence-corrected chi connectivity index (χ4v) is 2.49. The molecule has 0 unspecified atom stereocenters. The van der Waals surface area contributed by atoms with E-state index in [0.717, 1.165) is 5.56 Å². The van der Waals surface area contributed by atoms with Crippen LogP contribution in [0.2, 0.25) is 0 Å². The van der Waals surface area contributed by atoms with Gasteiger partial charge in [0.2, 0.25) is 11.5 Å². The van der Waals surface area contributed by atoms with E-state index in [4.69, 9.17) is 0 Å². The summed E-state index contributed by atoms with van der Waals surface area (Å²) in [4.78, 5) is 29.3. The maximum absolute atomic E-state index is 12.1. The predicted octanol–water partition coefficient (Wildman–Crippen LogP) is -0.559. The molecule has 0 radical (unpaired) electrons. The summed E-state index contributed by atoms with van der Waals surface area (Å²) in [5, 5.41) is 9.92. The molecular weight excluding hydrogens is 258 g/mol. The average Bonchev–Trinajstić information content (AvgIpc) is 2.80. The van der Waals surface area contributed by atoms with Crippen molar-refractivity contribution in [1.29, 1.82) is 0 Å². The third-order valence-corrected chi connectivity index (χ3v) is 3.75. The number of aromatic nitrogens is 1. The number of nitrogens with zero attached hydrogens (tertiary/aromatic N) is 2. The first-order valence-electron chi connectivity index (χ1n) is 6.77. The minimum atomic E-state index is -0.484. The highest BCUT2D eigenvalue weighted by Crippen LogP contribution is 2.15. The van der Waals surface area contributed by atoms with Gasteiger partial charge in [0.1, 0.15) is 0 Å². The van der Waals surface area contributed by atoms with Crippen LogP contribution >= 0.6 is 0 Å². The summed E-state index contributed by atoms with van der Waals surface area (Å²) in [6, 6.07) is 3.20. The largest absolute Gasteiger partial charge is 0.390 e. The quantitative estimate of drug-likeness (QED) is 0.774. The molecule has 1 saturated heterocycles. The molecule has 1 amide bonds. The van der Waals surface area contributed by atoms with Gasteiger partial charge in [-0.05, 0) is 26.1 Å². The summed E-state index contributed by atoms with van der Waals surface area (Å²) in [6.45, 7) is 0.964. The number of aromatic amines is 1. The summed E-state index contributed by atoms with van der Waals surface area (Å²) < 4.78 is 0. The fraction of sp³-hybridized carbons (Fsp3) is 0.571. The van der Waals surface area contributed by atoms with Gasteiger partial charge in [0, 0.05) is 31.8 Å². The number of hydrogen-bond donors (Lipinski definition) is 2. The second-order valence-corrected chi connectivity index (χ2v) is 5.46. The molecule has 0 aromatic carbocycles. The van der Waals surface area contributed by atoms with Crippen molar-refractivity contribution in [2.24, 2.45) is 0 Å². The first kappa shape index (κ1) is 14.7. The van der Waals surface area contributed by atoms with Crippen molar-refractivity contribution in [3.05, 3.63) is 34.2 Å². The fourth-order valence-electron chi connectivity index (χ4n) is 2.49. The van der Waals surface area contributed by atoms with Gasteiger partial charge in [-0.1, -0.05) is 6.07 Å². The van der Waals surface area contributed by atoms with Crippen LogP contribution in [0.15, 0.2) is 23.1 Å². The Hall–Kier alpha value is -1.66. The summed E-state index contributed by atoms with van der Waals surface area (Å²) in [5.41, 5.74) is 0.790. The van der Waals surface area contributed by atoms with Gasteiger partial charge in [-0.15, -0.1) is 0 Å². The summed E-state index contributed by atoms with van der Waals surface area (Å²) >= 11 is 0. The Morgan fingerprint density at radius 1 is 1.45 bits per heavy atom. The molecule has 0 aliphatic carbocycles. The van der Waals surface area contributed by atoms with Crippen molar-refractivity contribution < 1.29 is 9.90 Å². The van der Waals surface area contributed by atoms with Crippen LogP contribution in [0.3, 0.4) is 0 Å². The third kappa shape index (κ3) is 3.46. The lowest BCUT2D eigenvalue weighted by Crippen LogP contribution is -2.38. The number of carbonyl (C=O) groups is 1. The van der Waals surface area contributed by atoms with E-state index in [1.165, 1.54) is 6.07 Å². The molecule has 1 aromatic heterocycles. The number of amides is 1. The van der Waals surface area contributed by atoms with Crippen LogP contribution in [0.4, 0.5) is 0 Å². The standard InChI is InChI=1S/C14H21N3O3/c1-16(2)11-8-17(9-12(11)18)14(20)6-4-10-3-5-13(19)15-7-10/h3,5,7,11-12,18H,4,6,8-9H2,1-2H3,(H,15,19)/t11-,12-/m0/s1. The maximum atomic E-state index is 12.1. The van der Waals surface area contributed by atoms with Gasteiger partial charge < -0.3 is 19.9 Å². The highest BCUT2D eigenvalue weighted by atomic mass is 16.3.